The SMILES string of the molecule is CCOC(=O)c1sc2nc([C@H](C)OC(=O)Cc3ccsc3)[nH]c(=O)c2c1C. The fraction of sp³-hybridized carbons (Fsp3) is 0.333. The number of aromatic nitrogens is 2. The minimum absolute atomic E-state index is 0.158. The molecule has 3 aromatic rings. The van der Waals surface area contributed by atoms with E-state index in [1.54, 1.807) is 20.8 Å². The molecule has 0 saturated carbocycles. The first kappa shape index (κ1) is 19.2. The summed E-state index contributed by atoms with van der Waals surface area (Å²) in [5.41, 5.74) is 1.04. The van der Waals surface area contributed by atoms with Gasteiger partial charge in [-0.05, 0) is 48.7 Å². The van der Waals surface area contributed by atoms with Crippen molar-refractivity contribution in [2.45, 2.75) is 33.3 Å². The average Bonchev–Trinajstić information content (AvgIpc) is 3.22. The normalized spacial score (nSPS) is 12.1. The Bertz CT molecular complexity index is 1040. The maximum Gasteiger partial charge on any atom is 0.348 e. The zero-order valence-electron chi connectivity index (χ0n) is 15.0. The van der Waals surface area contributed by atoms with E-state index in [9.17, 15) is 14.4 Å². The number of nitrogens with one attached hydrogen (secondary N) is 1. The third kappa shape index (κ3) is 4.09. The summed E-state index contributed by atoms with van der Waals surface area (Å²) in [6.07, 6.45) is -0.562. The third-order valence-electron chi connectivity index (χ3n) is 3.90. The molecular formula is C18H18N2O5S2. The molecule has 0 aromatic carbocycles. The van der Waals surface area contributed by atoms with Crippen molar-refractivity contribution in [3.8, 4) is 0 Å². The number of carbonyl (C=O) groups excluding carboxylic acids is 2. The Balaban J connectivity index is 1.85. The summed E-state index contributed by atoms with van der Waals surface area (Å²) in [7, 11) is 0. The number of aromatic amines is 1. The molecule has 1 N–H and O–H groups in total. The molecule has 0 aliphatic carbocycles. The van der Waals surface area contributed by atoms with Gasteiger partial charge in [0.2, 0.25) is 0 Å². The number of hydrogen-bond acceptors (Lipinski definition) is 8. The fourth-order valence-corrected chi connectivity index (χ4v) is 4.35. The van der Waals surface area contributed by atoms with Crippen molar-refractivity contribution in [2.75, 3.05) is 6.61 Å². The average molecular weight is 406 g/mol. The number of carbonyl (C=O) groups is 2. The zero-order chi connectivity index (χ0) is 19.6. The summed E-state index contributed by atoms with van der Waals surface area (Å²) in [5.74, 6) is -0.643. The van der Waals surface area contributed by atoms with E-state index in [4.69, 9.17) is 9.47 Å². The molecule has 7 nitrogen and oxygen atoms in total. The van der Waals surface area contributed by atoms with Crippen LogP contribution >= 0.6 is 22.7 Å². The van der Waals surface area contributed by atoms with Gasteiger partial charge in [-0.15, -0.1) is 11.3 Å². The van der Waals surface area contributed by atoms with E-state index >= 15 is 0 Å². The molecule has 3 heterocycles. The summed E-state index contributed by atoms with van der Waals surface area (Å²) in [6, 6.07) is 1.86. The number of hydrogen-bond donors (Lipinski definition) is 1. The maximum absolute atomic E-state index is 12.5. The molecule has 0 unspecified atom stereocenters. The number of rotatable bonds is 6. The molecule has 3 aromatic heterocycles. The van der Waals surface area contributed by atoms with Crippen LogP contribution in [0.3, 0.4) is 0 Å². The summed E-state index contributed by atoms with van der Waals surface area (Å²) < 4.78 is 10.4. The molecular weight excluding hydrogens is 388 g/mol. The molecule has 0 amide bonds. The van der Waals surface area contributed by atoms with Crippen LogP contribution in [0.4, 0.5) is 0 Å². The molecule has 0 fully saturated rings. The van der Waals surface area contributed by atoms with Crippen LogP contribution in [0.1, 0.15) is 46.6 Å². The van der Waals surface area contributed by atoms with Gasteiger partial charge < -0.3 is 14.5 Å². The molecule has 0 bridgehead atoms. The smallest absolute Gasteiger partial charge is 0.348 e. The van der Waals surface area contributed by atoms with E-state index in [0.717, 1.165) is 16.9 Å². The quantitative estimate of drug-likeness (QED) is 0.630. The van der Waals surface area contributed by atoms with Crippen LogP contribution in [0.25, 0.3) is 10.2 Å². The van der Waals surface area contributed by atoms with E-state index in [-0.39, 0.29) is 24.4 Å². The van der Waals surface area contributed by atoms with Gasteiger partial charge in [-0.3, -0.25) is 9.59 Å². The van der Waals surface area contributed by atoms with Gasteiger partial charge in [0.1, 0.15) is 9.71 Å². The van der Waals surface area contributed by atoms with Crippen molar-refractivity contribution >= 4 is 44.8 Å². The van der Waals surface area contributed by atoms with Crippen molar-refractivity contribution in [2.24, 2.45) is 0 Å². The molecule has 0 spiro atoms. The number of esters is 2. The Morgan fingerprint density at radius 1 is 1.37 bits per heavy atom. The van der Waals surface area contributed by atoms with E-state index in [1.165, 1.54) is 11.3 Å². The Hall–Kier alpha value is -2.52. The second kappa shape index (κ2) is 8.01. The second-order valence-electron chi connectivity index (χ2n) is 5.85. The predicted molar refractivity (Wildman–Crippen MR) is 103 cm³/mol. The monoisotopic (exact) mass is 406 g/mol. The molecule has 0 saturated heterocycles. The van der Waals surface area contributed by atoms with Gasteiger partial charge in [-0.25, -0.2) is 9.78 Å². The van der Waals surface area contributed by atoms with Gasteiger partial charge in [-0.1, -0.05) is 0 Å². The minimum Gasteiger partial charge on any atom is -0.462 e. The number of fused-ring (bicyclic) bond motifs is 1. The lowest BCUT2D eigenvalue weighted by molar-refractivity contribution is -0.148. The zero-order valence-corrected chi connectivity index (χ0v) is 16.7. The van der Waals surface area contributed by atoms with Gasteiger partial charge in [0.05, 0.1) is 18.4 Å². The second-order valence-corrected chi connectivity index (χ2v) is 7.63. The van der Waals surface area contributed by atoms with E-state index in [1.807, 2.05) is 16.8 Å². The van der Waals surface area contributed by atoms with Crippen LogP contribution in [-0.2, 0) is 20.7 Å². The van der Waals surface area contributed by atoms with Crippen LogP contribution in [0.5, 0.6) is 0 Å². The van der Waals surface area contributed by atoms with Gasteiger partial charge >= 0.3 is 11.9 Å². The Morgan fingerprint density at radius 2 is 2.15 bits per heavy atom. The first-order valence-electron chi connectivity index (χ1n) is 8.31. The summed E-state index contributed by atoms with van der Waals surface area (Å²) >= 11 is 2.60. The number of H-pyrrole nitrogens is 1. The molecule has 0 aliphatic rings. The third-order valence-corrected chi connectivity index (χ3v) is 5.80. The van der Waals surface area contributed by atoms with E-state index in [2.05, 4.69) is 9.97 Å². The summed E-state index contributed by atoms with van der Waals surface area (Å²) in [5, 5.41) is 4.12. The van der Waals surface area contributed by atoms with Gasteiger partial charge in [0.25, 0.3) is 5.56 Å². The van der Waals surface area contributed by atoms with Gasteiger partial charge in [-0.2, -0.15) is 11.3 Å². The highest BCUT2D eigenvalue weighted by Crippen LogP contribution is 2.28. The first-order valence-corrected chi connectivity index (χ1v) is 10.1. The van der Waals surface area contributed by atoms with E-state index < -0.39 is 18.0 Å². The fourth-order valence-electron chi connectivity index (χ4n) is 2.60. The standard InChI is InChI=1S/C18H18N2O5S2/c1-4-24-18(23)14-9(2)13-16(22)19-15(20-17(13)27-14)10(3)25-12(21)7-11-5-6-26-8-11/h5-6,8,10H,4,7H2,1-3H3,(H,19,20,22)/t10-/m0/s1. The van der Waals surface area contributed by atoms with E-state index in [0.29, 0.717) is 20.7 Å². The molecule has 0 aliphatic heterocycles. The first-order chi connectivity index (χ1) is 12.9. The molecule has 142 valence electrons. The Morgan fingerprint density at radius 3 is 2.81 bits per heavy atom. The number of ether oxygens (including phenoxy) is 2. The molecule has 27 heavy (non-hydrogen) atoms. The highest BCUT2D eigenvalue weighted by Gasteiger charge is 2.22. The molecule has 0 radical (unpaired) electrons. The highest BCUT2D eigenvalue weighted by molar-refractivity contribution is 7.20. The minimum atomic E-state index is -0.721. The molecule has 9 heteroatoms. The topological polar surface area (TPSA) is 98.3 Å². The van der Waals surface area contributed by atoms with Crippen LogP contribution in [0.2, 0.25) is 0 Å². The van der Waals surface area contributed by atoms with Crippen molar-refractivity contribution in [3.63, 3.8) is 0 Å². The summed E-state index contributed by atoms with van der Waals surface area (Å²) in [4.78, 5) is 44.4. The molecule has 3 rings (SSSR count). The van der Waals surface area contributed by atoms with Crippen LogP contribution in [-0.4, -0.2) is 28.5 Å². The van der Waals surface area contributed by atoms with Gasteiger partial charge in [0.15, 0.2) is 11.9 Å². The lowest BCUT2D eigenvalue weighted by Crippen LogP contribution is -2.18. The number of nitrogens with zero attached hydrogens (tertiary/aromatic N) is 1. The highest BCUT2D eigenvalue weighted by atomic mass is 32.1. The maximum atomic E-state index is 12.5. The molecule has 1 atom stereocenters. The number of aryl methyl sites for hydroxylation is 1. The van der Waals surface area contributed by atoms with Crippen LogP contribution in [0, 0.1) is 6.92 Å². The Labute approximate surface area is 163 Å². The predicted octanol–water partition coefficient (Wildman–Crippen LogP) is 3.38. The summed E-state index contributed by atoms with van der Waals surface area (Å²) in [6.45, 7) is 5.29. The van der Waals surface area contributed by atoms with Crippen molar-refractivity contribution < 1.29 is 19.1 Å². The number of thiophene rings is 2. The van der Waals surface area contributed by atoms with Crippen molar-refractivity contribution in [1.82, 2.24) is 9.97 Å². The van der Waals surface area contributed by atoms with Crippen molar-refractivity contribution in [3.05, 3.63) is 49.0 Å². The van der Waals surface area contributed by atoms with Crippen LogP contribution < -0.4 is 5.56 Å². The Kier molecular flexibility index (Phi) is 5.71. The van der Waals surface area contributed by atoms with Crippen molar-refractivity contribution in [1.29, 1.82) is 0 Å². The lowest BCUT2D eigenvalue weighted by Gasteiger charge is -2.12. The van der Waals surface area contributed by atoms with Gasteiger partial charge in [0, 0.05) is 0 Å². The lowest BCUT2D eigenvalue weighted by atomic mass is 10.2. The van der Waals surface area contributed by atoms with Crippen LogP contribution in [0.15, 0.2) is 21.6 Å². The largest absolute Gasteiger partial charge is 0.462 e.